The van der Waals surface area contributed by atoms with Gasteiger partial charge in [0.25, 0.3) is 0 Å². The average Bonchev–Trinajstić information content (AvgIpc) is 1.35. The highest BCUT2D eigenvalue weighted by atomic mass is 13.7. The molecule has 1 radical (unpaired) electrons. The Morgan fingerprint density at radius 1 is 1.67 bits per heavy atom. The van der Waals surface area contributed by atoms with Crippen molar-refractivity contribution in [1.82, 2.24) is 0 Å². The molecule has 6 heavy (non-hydrogen) atoms. The highest BCUT2D eigenvalue weighted by Crippen LogP contribution is 1.85. The van der Waals surface area contributed by atoms with E-state index in [0.717, 1.165) is 5.57 Å². The molecule has 0 nitrogen and oxygen atoms in total. The largest absolute Gasteiger partial charge is 0.0961 e. The van der Waals surface area contributed by atoms with Crippen LogP contribution < -0.4 is 0 Å². The molecule has 0 amide bonds. The Bertz CT molecular complexity index is 68.1. The topological polar surface area (TPSA) is 0 Å². The van der Waals surface area contributed by atoms with Crippen LogP contribution in [0, 0.1) is 6.92 Å². The Hall–Kier alpha value is -0.520. The van der Waals surface area contributed by atoms with E-state index in [1.807, 2.05) is 13.0 Å². The Balaban J connectivity index is 3.30. The first-order valence-electron chi connectivity index (χ1n) is 1.88. The summed E-state index contributed by atoms with van der Waals surface area (Å²) in [6, 6.07) is 0. The quantitative estimate of drug-likeness (QED) is 0.423. The van der Waals surface area contributed by atoms with E-state index in [-0.39, 0.29) is 0 Å². The van der Waals surface area contributed by atoms with Crippen LogP contribution in [0.2, 0.25) is 0 Å². The van der Waals surface area contributed by atoms with Crippen LogP contribution in [-0.2, 0) is 0 Å². The van der Waals surface area contributed by atoms with E-state index in [2.05, 4.69) is 13.5 Å². The zero-order chi connectivity index (χ0) is 4.99. The van der Waals surface area contributed by atoms with Gasteiger partial charge in [0, 0.05) is 0 Å². The predicted octanol–water partition coefficient (Wildman–Crippen LogP) is 1.95. The molecule has 0 aliphatic heterocycles. The third-order valence-corrected chi connectivity index (χ3v) is 0.402. The molecule has 0 unspecified atom stereocenters. The minimum absolute atomic E-state index is 1.05. The van der Waals surface area contributed by atoms with Crippen molar-refractivity contribution in [1.29, 1.82) is 0 Å². The van der Waals surface area contributed by atoms with Gasteiger partial charge in [-0.2, -0.15) is 0 Å². The number of hydrogen-bond donors (Lipinski definition) is 0. The molecule has 33 valence electrons. The summed E-state index contributed by atoms with van der Waals surface area (Å²) >= 11 is 0. The lowest BCUT2D eigenvalue weighted by Crippen LogP contribution is -1.54. The van der Waals surface area contributed by atoms with Crippen molar-refractivity contribution in [2.24, 2.45) is 0 Å². The fourth-order valence-corrected chi connectivity index (χ4v) is 0.201. The predicted molar refractivity (Wildman–Crippen MR) is 29.3 cm³/mol. The minimum Gasteiger partial charge on any atom is -0.0961 e. The van der Waals surface area contributed by atoms with Gasteiger partial charge in [0.1, 0.15) is 0 Å². The van der Waals surface area contributed by atoms with Crippen molar-refractivity contribution in [3.8, 4) is 0 Å². The summed E-state index contributed by atoms with van der Waals surface area (Å²) < 4.78 is 0. The standard InChI is InChI=1S/C6H9/c1-4-5-6(2)3/h4-5H,1-2H2,3H3/b5-4+. The van der Waals surface area contributed by atoms with Crippen molar-refractivity contribution in [3.63, 3.8) is 0 Å². The van der Waals surface area contributed by atoms with Gasteiger partial charge in [-0.05, 0) is 13.8 Å². The highest BCUT2D eigenvalue weighted by molar-refractivity contribution is 5.11. The smallest absolute Gasteiger partial charge is 0.0313 e. The molecule has 0 aromatic carbocycles. The molecule has 0 atom stereocenters. The Kier molecular flexibility index (Phi) is 2.47. The Morgan fingerprint density at radius 3 is 2.17 bits per heavy atom. The van der Waals surface area contributed by atoms with Gasteiger partial charge in [-0.25, -0.2) is 0 Å². The molecule has 0 fully saturated rings. The molecule has 0 aliphatic carbocycles. The van der Waals surface area contributed by atoms with Gasteiger partial charge in [0.2, 0.25) is 0 Å². The van der Waals surface area contributed by atoms with Gasteiger partial charge in [-0.15, -0.1) is 0 Å². The molecule has 0 saturated carbocycles. The normalized spacial score (nSPS) is 9.67. The van der Waals surface area contributed by atoms with Crippen molar-refractivity contribution >= 4 is 0 Å². The third-order valence-electron chi connectivity index (χ3n) is 0.402. The molecule has 0 heterocycles. The van der Waals surface area contributed by atoms with Gasteiger partial charge >= 0.3 is 0 Å². The van der Waals surface area contributed by atoms with Crippen molar-refractivity contribution < 1.29 is 0 Å². The molecular weight excluding hydrogens is 72.1 g/mol. The van der Waals surface area contributed by atoms with E-state index in [1.54, 1.807) is 6.08 Å². The molecule has 0 N–H and O–H groups in total. The van der Waals surface area contributed by atoms with Crippen LogP contribution in [-0.4, -0.2) is 0 Å². The van der Waals surface area contributed by atoms with Crippen LogP contribution in [0.3, 0.4) is 0 Å². The molecular formula is C6H9. The summed E-state index contributed by atoms with van der Waals surface area (Å²) in [5.41, 5.74) is 1.05. The van der Waals surface area contributed by atoms with E-state index >= 15 is 0 Å². The van der Waals surface area contributed by atoms with Crippen LogP contribution in [0.1, 0.15) is 6.92 Å². The fraction of sp³-hybridized carbons (Fsp3) is 0.167. The lowest BCUT2D eigenvalue weighted by molar-refractivity contribution is 1.56. The summed E-state index contributed by atoms with van der Waals surface area (Å²) in [4.78, 5) is 0. The monoisotopic (exact) mass is 81.1 g/mol. The summed E-state index contributed by atoms with van der Waals surface area (Å²) in [6.45, 7) is 9.03. The van der Waals surface area contributed by atoms with Gasteiger partial charge < -0.3 is 0 Å². The van der Waals surface area contributed by atoms with Gasteiger partial charge in [-0.3, -0.25) is 0 Å². The maximum absolute atomic E-state index is 3.62. The number of allylic oxidation sites excluding steroid dienone is 3. The van der Waals surface area contributed by atoms with E-state index in [9.17, 15) is 0 Å². The highest BCUT2D eigenvalue weighted by Gasteiger charge is 1.63. The maximum atomic E-state index is 3.62. The SMILES string of the molecule is [CH2]/C=C/C(=C)C. The molecule has 0 aromatic rings. The van der Waals surface area contributed by atoms with E-state index in [1.165, 1.54) is 0 Å². The molecule has 0 saturated heterocycles. The van der Waals surface area contributed by atoms with Crippen LogP contribution in [0.25, 0.3) is 0 Å². The Labute approximate surface area is 39.2 Å². The van der Waals surface area contributed by atoms with E-state index in [0.29, 0.717) is 0 Å². The van der Waals surface area contributed by atoms with Crippen molar-refractivity contribution in [2.75, 3.05) is 0 Å². The third kappa shape index (κ3) is 3.48. The lowest BCUT2D eigenvalue weighted by Gasteiger charge is -1.75. The van der Waals surface area contributed by atoms with E-state index in [4.69, 9.17) is 0 Å². The van der Waals surface area contributed by atoms with Crippen LogP contribution in [0.15, 0.2) is 24.3 Å². The van der Waals surface area contributed by atoms with Gasteiger partial charge in [0.05, 0.1) is 0 Å². The maximum Gasteiger partial charge on any atom is -0.0313 e. The average molecular weight is 81.1 g/mol. The summed E-state index contributed by atoms with van der Waals surface area (Å²) in [5.74, 6) is 0. The first kappa shape index (κ1) is 5.48. The second-order valence-corrected chi connectivity index (χ2v) is 1.25. The molecule has 0 aliphatic rings. The van der Waals surface area contributed by atoms with Crippen LogP contribution in [0.4, 0.5) is 0 Å². The van der Waals surface area contributed by atoms with Crippen molar-refractivity contribution in [3.05, 3.63) is 31.2 Å². The molecule has 0 spiro atoms. The van der Waals surface area contributed by atoms with Gasteiger partial charge in [0.15, 0.2) is 0 Å². The summed E-state index contributed by atoms with van der Waals surface area (Å²) in [5, 5.41) is 0. The summed E-state index contributed by atoms with van der Waals surface area (Å²) in [7, 11) is 0. The second-order valence-electron chi connectivity index (χ2n) is 1.25. The second kappa shape index (κ2) is 2.70. The first-order chi connectivity index (χ1) is 2.77. The lowest BCUT2D eigenvalue weighted by atomic mass is 10.3. The molecule has 0 bridgehead atoms. The first-order valence-corrected chi connectivity index (χ1v) is 1.88. The molecule has 0 rings (SSSR count). The summed E-state index contributed by atoms with van der Waals surface area (Å²) in [6.07, 6.45) is 3.59. The molecule has 0 heteroatoms. The minimum atomic E-state index is 1.05. The Morgan fingerprint density at radius 2 is 2.17 bits per heavy atom. The van der Waals surface area contributed by atoms with Crippen LogP contribution >= 0.6 is 0 Å². The number of hydrogen-bond acceptors (Lipinski definition) is 0. The zero-order valence-corrected chi connectivity index (χ0v) is 4.07. The van der Waals surface area contributed by atoms with Gasteiger partial charge in [-0.1, -0.05) is 24.3 Å². The van der Waals surface area contributed by atoms with Crippen molar-refractivity contribution in [2.45, 2.75) is 6.92 Å². The number of rotatable bonds is 1. The molecule has 0 aromatic heterocycles. The van der Waals surface area contributed by atoms with E-state index < -0.39 is 0 Å². The fourth-order valence-electron chi connectivity index (χ4n) is 0.201. The zero-order valence-electron chi connectivity index (χ0n) is 4.07. The van der Waals surface area contributed by atoms with Crippen LogP contribution in [0.5, 0.6) is 0 Å².